The highest BCUT2D eigenvalue weighted by atomic mass is 32.2. The van der Waals surface area contributed by atoms with E-state index in [9.17, 15) is 8.42 Å². The van der Waals surface area contributed by atoms with Gasteiger partial charge in [-0.25, -0.2) is 23.1 Å². The number of aryl methyl sites for hydroxylation is 1. The molecule has 7 nitrogen and oxygen atoms in total. The first-order valence-electron chi connectivity index (χ1n) is 14.5. The molecule has 0 N–H and O–H groups in total. The molecule has 1 aliphatic heterocycles. The molecule has 2 rings (SSSR count). The summed E-state index contributed by atoms with van der Waals surface area (Å²) in [6, 6.07) is 1.95. The summed E-state index contributed by atoms with van der Waals surface area (Å²) in [6.07, 6.45) is 21.1. The van der Waals surface area contributed by atoms with Crippen LogP contribution in [0, 0.1) is 12.8 Å². The fraction of sp³-hybridized carbons (Fsp3) is 0.485. The van der Waals surface area contributed by atoms with Crippen molar-refractivity contribution >= 4 is 22.2 Å². The Morgan fingerprint density at radius 3 is 2.37 bits per heavy atom. The first kappa shape index (κ1) is 37.9. The molecule has 2 atom stereocenters. The summed E-state index contributed by atoms with van der Waals surface area (Å²) in [5, 5.41) is 4.56. The lowest BCUT2D eigenvalue weighted by Crippen LogP contribution is -2.41. The summed E-state index contributed by atoms with van der Waals surface area (Å²) in [5.41, 5.74) is 4.28. The zero-order chi connectivity index (χ0) is 31.4. The number of aliphatic imine (C=N–C) groups is 2. The van der Waals surface area contributed by atoms with E-state index in [0.29, 0.717) is 18.4 Å². The minimum absolute atomic E-state index is 0.126. The number of allylic oxidation sites excluding steroid dienone is 9. The van der Waals surface area contributed by atoms with Gasteiger partial charge < -0.3 is 0 Å². The van der Waals surface area contributed by atoms with Crippen LogP contribution in [0.15, 0.2) is 89.0 Å². The second-order valence-corrected chi connectivity index (χ2v) is 11.7. The quantitative estimate of drug-likeness (QED) is 0.239. The van der Waals surface area contributed by atoms with E-state index in [-0.39, 0.29) is 6.04 Å². The SMILES string of the molecule is C=C/C=C(C)\C=C/Cc1cc(C)n(C2=NCCC=N2)n1.C=C/C=C\C=C(/C)C(C)N(CC(C)CC)S(C)(=O)=O.CC. The summed E-state index contributed by atoms with van der Waals surface area (Å²) >= 11 is 0. The Morgan fingerprint density at radius 2 is 1.83 bits per heavy atom. The van der Waals surface area contributed by atoms with Crippen LogP contribution in [-0.2, 0) is 16.4 Å². The van der Waals surface area contributed by atoms with Crippen molar-refractivity contribution in [2.45, 2.75) is 80.7 Å². The molecular weight excluding hydrogens is 530 g/mol. The van der Waals surface area contributed by atoms with Gasteiger partial charge in [0, 0.05) is 43.9 Å². The van der Waals surface area contributed by atoms with Gasteiger partial charge in [0.2, 0.25) is 16.0 Å². The van der Waals surface area contributed by atoms with Crippen LogP contribution < -0.4 is 0 Å². The standard InChI is InChI=1S/C16H20N4.C15H27NO2S.C2H6/c1-4-7-13(2)8-5-9-15-12-14(3)20(19-15)16-17-10-6-11-18-16;1-7-9-10-11-14(4)15(5)16(19(6,17)18)12-13(3)8-2;1-2/h4-5,7-8,10,12H,1,6,9,11H2,2-3H3;7,9-11,13,15H,1,8,12H2,2-6H3;1-2H3/b8-5-,13-7-;10-9-,14-11+;. The van der Waals surface area contributed by atoms with E-state index in [2.05, 4.69) is 60.3 Å². The van der Waals surface area contributed by atoms with E-state index in [0.717, 1.165) is 42.8 Å². The highest BCUT2D eigenvalue weighted by Gasteiger charge is 2.25. The molecule has 0 aliphatic carbocycles. The average Bonchev–Trinajstić information content (AvgIpc) is 3.32. The summed E-state index contributed by atoms with van der Waals surface area (Å²) < 4.78 is 27.2. The van der Waals surface area contributed by atoms with Crippen molar-refractivity contribution in [2.24, 2.45) is 15.9 Å². The highest BCUT2D eigenvalue weighted by Crippen LogP contribution is 2.17. The largest absolute Gasteiger partial charge is 0.249 e. The van der Waals surface area contributed by atoms with Crippen LogP contribution in [0.5, 0.6) is 0 Å². The van der Waals surface area contributed by atoms with Crippen molar-refractivity contribution < 1.29 is 8.42 Å². The van der Waals surface area contributed by atoms with Gasteiger partial charge in [0.15, 0.2) is 0 Å². The zero-order valence-corrected chi connectivity index (χ0v) is 27.7. The van der Waals surface area contributed by atoms with E-state index < -0.39 is 10.0 Å². The highest BCUT2D eigenvalue weighted by molar-refractivity contribution is 7.88. The van der Waals surface area contributed by atoms with E-state index in [1.165, 1.54) is 11.8 Å². The van der Waals surface area contributed by atoms with Crippen LogP contribution in [0.4, 0.5) is 0 Å². The Bertz CT molecular complexity index is 1230. The number of hydrogen-bond acceptors (Lipinski definition) is 5. The molecule has 1 aromatic heterocycles. The molecule has 8 heteroatoms. The van der Waals surface area contributed by atoms with E-state index in [1.807, 2.05) is 76.7 Å². The molecule has 0 saturated carbocycles. The average molecular weight is 584 g/mol. The first-order chi connectivity index (χ1) is 19.4. The van der Waals surface area contributed by atoms with Crippen LogP contribution >= 0.6 is 0 Å². The molecular formula is C33H53N5O2S. The maximum absolute atomic E-state index is 11.9. The molecule has 0 radical (unpaired) electrons. The maximum atomic E-state index is 11.9. The van der Waals surface area contributed by atoms with E-state index >= 15 is 0 Å². The number of rotatable bonds is 12. The Morgan fingerprint density at radius 1 is 1.15 bits per heavy atom. The molecule has 0 fully saturated rings. The topological polar surface area (TPSA) is 79.9 Å². The molecule has 0 saturated heterocycles. The van der Waals surface area contributed by atoms with Gasteiger partial charge in [-0.05, 0) is 39.7 Å². The molecule has 1 aromatic rings. The van der Waals surface area contributed by atoms with Gasteiger partial charge in [0.25, 0.3) is 0 Å². The predicted molar refractivity (Wildman–Crippen MR) is 179 cm³/mol. The molecule has 0 bridgehead atoms. The van der Waals surface area contributed by atoms with Crippen molar-refractivity contribution in [1.29, 1.82) is 0 Å². The Labute approximate surface area is 250 Å². The number of hydrogen-bond donors (Lipinski definition) is 0. The molecule has 2 heterocycles. The molecule has 228 valence electrons. The molecule has 1 aliphatic rings. The van der Waals surface area contributed by atoms with Gasteiger partial charge in [0.1, 0.15) is 0 Å². The van der Waals surface area contributed by atoms with Gasteiger partial charge in [-0.1, -0.05) is 107 Å². The lowest BCUT2D eigenvalue weighted by molar-refractivity contribution is 0.317. The van der Waals surface area contributed by atoms with Crippen molar-refractivity contribution in [3.05, 3.63) is 90.4 Å². The second kappa shape index (κ2) is 20.7. The number of sulfonamides is 1. The third-order valence-corrected chi connectivity index (χ3v) is 7.56. The fourth-order valence-electron chi connectivity index (χ4n) is 3.65. The summed E-state index contributed by atoms with van der Waals surface area (Å²) in [4.78, 5) is 8.68. The molecule has 2 unspecified atom stereocenters. The van der Waals surface area contributed by atoms with Gasteiger partial charge in [-0.3, -0.25) is 0 Å². The number of nitrogens with zero attached hydrogens (tertiary/aromatic N) is 5. The monoisotopic (exact) mass is 583 g/mol. The second-order valence-electron chi connectivity index (χ2n) is 9.78. The smallest absolute Gasteiger partial charge is 0.245 e. The summed E-state index contributed by atoms with van der Waals surface area (Å²) in [7, 11) is -3.20. The lowest BCUT2D eigenvalue weighted by atomic mass is 10.1. The zero-order valence-electron chi connectivity index (χ0n) is 26.8. The fourth-order valence-corrected chi connectivity index (χ4v) is 4.91. The Hall–Kier alpha value is -3.10. The van der Waals surface area contributed by atoms with E-state index in [4.69, 9.17) is 0 Å². The van der Waals surface area contributed by atoms with Crippen molar-refractivity contribution in [3.8, 4) is 0 Å². The molecule has 0 spiro atoms. The number of aromatic nitrogens is 2. The summed E-state index contributed by atoms with van der Waals surface area (Å²) in [6.45, 7) is 24.7. The van der Waals surface area contributed by atoms with Gasteiger partial charge >= 0.3 is 0 Å². The van der Waals surface area contributed by atoms with Crippen LogP contribution in [0.25, 0.3) is 0 Å². The van der Waals surface area contributed by atoms with Crippen LogP contribution in [0.1, 0.15) is 72.7 Å². The van der Waals surface area contributed by atoms with Gasteiger partial charge in [0.05, 0.1) is 11.9 Å². The lowest BCUT2D eigenvalue weighted by Gasteiger charge is -2.29. The van der Waals surface area contributed by atoms with Crippen LogP contribution in [0.3, 0.4) is 0 Å². The molecule has 41 heavy (non-hydrogen) atoms. The predicted octanol–water partition coefficient (Wildman–Crippen LogP) is 7.50. The summed E-state index contributed by atoms with van der Waals surface area (Å²) in [5.74, 6) is 1.04. The minimum Gasteiger partial charge on any atom is -0.249 e. The van der Waals surface area contributed by atoms with Crippen molar-refractivity contribution in [1.82, 2.24) is 14.1 Å². The van der Waals surface area contributed by atoms with Crippen LogP contribution in [-0.4, -0.2) is 60.1 Å². The van der Waals surface area contributed by atoms with Crippen molar-refractivity contribution in [2.75, 3.05) is 19.3 Å². The molecule has 0 amide bonds. The van der Waals surface area contributed by atoms with Gasteiger partial charge in [-0.15, -0.1) is 0 Å². The van der Waals surface area contributed by atoms with Crippen LogP contribution in [0.2, 0.25) is 0 Å². The maximum Gasteiger partial charge on any atom is 0.245 e. The third-order valence-electron chi connectivity index (χ3n) is 6.25. The van der Waals surface area contributed by atoms with Gasteiger partial charge in [-0.2, -0.15) is 9.40 Å². The third kappa shape index (κ3) is 14.9. The normalized spacial score (nSPS) is 15.6. The Kier molecular flexibility index (Phi) is 19.2. The van der Waals surface area contributed by atoms with E-state index in [1.54, 1.807) is 16.5 Å². The van der Waals surface area contributed by atoms with Crippen molar-refractivity contribution in [3.63, 3.8) is 0 Å². The first-order valence-corrected chi connectivity index (χ1v) is 16.3. The molecule has 0 aromatic carbocycles. The Balaban J connectivity index is 0.000000738. The minimum atomic E-state index is -3.20.